The topological polar surface area (TPSA) is 107 Å². The molecular formula is C31H28N2O7S. The van der Waals surface area contributed by atoms with E-state index >= 15 is 0 Å². The molecule has 1 unspecified atom stereocenters. The molecule has 10 heteroatoms. The van der Waals surface area contributed by atoms with Gasteiger partial charge >= 0.3 is 5.91 Å². The second-order valence-electron chi connectivity index (χ2n) is 9.63. The second kappa shape index (κ2) is 11.1. The molecule has 2 aliphatic heterocycles. The van der Waals surface area contributed by atoms with Crippen LogP contribution in [0, 0.1) is 0 Å². The highest BCUT2D eigenvalue weighted by molar-refractivity contribution is 7.22. The minimum Gasteiger partial charge on any atom is -0.507 e. The van der Waals surface area contributed by atoms with Crippen LogP contribution in [-0.2, 0) is 9.59 Å². The lowest BCUT2D eigenvalue weighted by Crippen LogP contribution is -2.29. The van der Waals surface area contributed by atoms with E-state index in [2.05, 4.69) is 11.9 Å². The van der Waals surface area contributed by atoms with Gasteiger partial charge in [0.05, 0.1) is 35.5 Å². The summed E-state index contributed by atoms with van der Waals surface area (Å²) >= 11 is 1.27. The van der Waals surface area contributed by atoms with Crippen molar-refractivity contribution in [3.63, 3.8) is 0 Å². The van der Waals surface area contributed by atoms with Crippen LogP contribution in [0.3, 0.4) is 0 Å². The third-order valence-electron chi connectivity index (χ3n) is 6.99. The Hall–Kier alpha value is -4.57. The number of thiazole rings is 1. The molecule has 1 fully saturated rings. The molecule has 0 saturated carbocycles. The molecule has 6 rings (SSSR count). The Morgan fingerprint density at radius 2 is 1.88 bits per heavy atom. The number of hydrogen-bond donors (Lipinski definition) is 1. The highest BCUT2D eigenvalue weighted by Gasteiger charge is 2.48. The van der Waals surface area contributed by atoms with E-state index in [9.17, 15) is 14.7 Å². The molecule has 1 atom stereocenters. The largest absolute Gasteiger partial charge is 0.507 e. The number of benzene rings is 3. The Morgan fingerprint density at radius 3 is 2.68 bits per heavy atom. The maximum atomic E-state index is 13.7. The van der Waals surface area contributed by atoms with E-state index in [0.29, 0.717) is 64.6 Å². The average Bonchev–Trinajstić information content (AvgIpc) is 3.54. The van der Waals surface area contributed by atoms with Crippen molar-refractivity contribution in [1.29, 1.82) is 0 Å². The molecule has 3 aromatic carbocycles. The van der Waals surface area contributed by atoms with Crippen molar-refractivity contribution >= 4 is 44.1 Å². The first kappa shape index (κ1) is 26.6. The smallest absolute Gasteiger partial charge is 0.301 e. The molecule has 0 aliphatic carbocycles. The van der Waals surface area contributed by atoms with Gasteiger partial charge in [0, 0.05) is 5.56 Å². The number of nitrogens with zero attached hydrogens (tertiary/aromatic N) is 2. The van der Waals surface area contributed by atoms with E-state index < -0.39 is 17.7 Å². The highest BCUT2D eigenvalue weighted by Crippen LogP contribution is 2.46. The van der Waals surface area contributed by atoms with Gasteiger partial charge in [-0.1, -0.05) is 36.8 Å². The number of Topliss-reactive ketones (excluding diaryl/α,β-unsaturated/α-hetero) is 1. The number of anilines is 1. The summed E-state index contributed by atoms with van der Waals surface area (Å²) in [4.78, 5) is 33.3. The molecule has 0 bridgehead atoms. The Morgan fingerprint density at radius 1 is 1.05 bits per heavy atom. The van der Waals surface area contributed by atoms with Gasteiger partial charge in [-0.3, -0.25) is 14.5 Å². The summed E-state index contributed by atoms with van der Waals surface area (Å²) in [6, 6.07) is 16.7. The Kier molecular flexibility index (Phi) is 7.23. The molecule has 9 nitrogen and oxygen atoms in total. The first-order valence-corrected chi connectivity index (χ1v) is 14.2. The number of fused-ring (bicyclic) bond motifs is 2. The van der Waals surface area contributed by atoms with Crippen LogP contribution in [0.15, 0.2) is 66.2 Å². The van der Waals surface area contributed by atoms with Crippen LogP contribution in [0.1, 0.15) is 36.9 Å². The summed E-state index contributed by atoms with van der Waals surface area (Å²) in [5.74, 6) is 0.364. The van der Waals surface area contributed by atoms with Crippen molar-refractivity contribution in [2.75, 3.05) is 31.8 Å². The number of aromatic nitrogens is 1. The maximum absolute atomic E-state index is 13.7. The molecule has 1 N–H and O–H groups in total. The molecule has 0 radical (unpaired) electrons. The number of carbonyl (C=O) groups is 2. The quantitative estimate of drug-likeness (QED) is 0.121. The Labute approximate surface area is 240 Å². The van der Waals surface area contributed by atoms with Crippen molar-refractivity contribution < 1.29 is 33.6 Å². The van der Waals surface area contributed by atoms with Gasteiger partial charge in [0.15, 0.2) is 16.6 Å². The predicted molar refractivity (Wildman–Crippen MR) is 155 cm³/mol. The Bertz CT molecular complexity index is 1680. The van der Waals surface area contributed by atoms with Crippen molar-refractivity contribution in [1.82, 2.24) is 4.98 Å². The van der Waals surface area contributed by atoms with Gasteiger partial charge < -0.3 is 24.1 Å². The summed E-state index contributed by atoms with van der Waals surface area (Å²) in [6.07, 6.45) is 1.87. The maximum Gasteiger partial charge on any atom is 0.301 e. The third-order valence-corrected chi connectivity index (χ3v) is 8.01. The molecule has 3 heterocycles. The van der Waals surface area contributed by atoms with Crippen molar-refractivity contribution in [3.05, 3.63) is 77.4 Å². The summed E-state index contributed by atoms with van der Waals surface area (Å²) in [5, 5.41) is 11.9. The standard InChI is InChI=1S/C31H28N2O7S/c1-3-4-12-38-21-7-5-6-18(15-21)27-26(28(34)19-8-11-23-24(16-19)40-14-13-39-23)29(35)30(36)33(27)31-32-22-10-9-20(37-2)17-25(22)41-31/h5-11,15-17,27,34H,3-4,12-14H2,1-2H3. The van der Waals surface area contributed by atoms with Gasteiger partial charge in [-0.05, 0) is 60.5 Å². The molecule has 1 amide bonds. The highest BCUT2D eigenvalue weighted by atomic mass is 32.1. The fourth-order valence-electron chi connectivity index (χ4n) is 4.92. The molecule has 4 aromatic rings. The van der Waals surface area contributed by atoms with E-state index in [0.717, 1.165) is 17.5 Å². The van der Waals surface area contributed by atoms with E-state index in [4.69, 9.17) is 18.9 Å². The SMILES string of the molecule is CCCCOc1cccc(C2C(=C(O)c3ccc4c(c3)OCCO4)C(=O)C(=O)N2c2nc3ccc(OC)cc3s2)c1. The molecular weight excluding hydrogens is 544 g/mol. The van der Waals surface area contributed by atoms with Crippen molar-refractivity contribution in [3.8, 4) is 23.0 Å². The normalized spacial score (nSPS) is 17.7. The summed E-state index contributed by atoms with van der Waals surface area (Å²) in [5.41, 5.74) is 1.56. The number of unbranched alkanes of at least 4 members (excludes halogenated alkanes) is 1. The zero-order valence-electron chi connectivity index (χ0n) is 22.6. The summed E-state index contributed by atoms with van der Waals surface area (Å²) < 4.78 is 23.4. The van der Waals surface area contributed by atoms with Crippen LogP contribution in [0.4, 0.5) is 5.13 Å². The third kappa shape index (κ3) is 4.95. The van der Waals surface area contributed by atoms with Crippen LogP contribution < -0.4 is 23.8 Å². The second-order valence-corrected chi connectivity index (χ2v) is 10.6. The molecule has 2 aliphatic rings. The van der Waals surface area contributed by atoms with Crippen LogP contribution in [0.25, 0.3) is 16.0 Å². The number of ketones is 1. The monoisotopic (exact) mass is 572 g/mol. The van der Waals surface area contributed by atoms with Crippen LogP contribution >= 0.6 is 11.3 Å². The number of ether oxygens (including phenoxy) is 4. The van der Waals surface area contributed by atoms with E-state index in [1.807, 2.05) is 24.3 Å². The van der Waals surface area contributed by atoms with E-state index in [1.165, 1.54) is 16.2 Å². The fourth-order valence-corrected chi connectivity index (χ4v) is 5.94. The lowest BCUT2D eigenvalue weighted by atomic mass is 9.95. The molecule has 41 heavy (non-hydrogen) atoms. The summed E-state index contributed by atoms with van der Waals surface area (Å²) in [7, 11) is 1.58. The van der Waals surface area contributed by atoms with E-state index in [1.54, 1.807) is 43.5 Å². The fraction of sp³-hybridized carbons (Fsp3) is 0.258. The average molecular weight is 573 g/mol. The van der Waals surface area contributed by atoms with Crippen LogP contribution in [-0.4, -0.2) is 48.7 Å². The molecule has 1 saturated heterocycles. The first-order valence-electron chi connectivity index (χ1n) is 13.4. The number of aliphatic hydroxyl groups is 1. The first-order chi connectivity index (χ1) is 20.0. The van der Waals surface area contributed by atoms with Gasteiger partial charge in [-0.2, -0.15) is 0 Å². The van der Waals surface area contributed by atoms with E-state index in [-0.39, 0.29) is 11.3 Å². The van der Waals surface area contributed by atoms with Gasteiger partial charge in [0.1, 0.15) is 30.5 Å². The van der Waals surface area contributed by atoms with Crippen molar-refractivity contribution in [2.45, 2.75) is 25.8 Å². The zero-order chi connectivity index (χ0) is 28.5. The zero-order valence-corrected chi connectivity index (χ0v) is 23.4. The summed E-state index contributed by atoms with van der Waals surface area (Å²) in [6.45, 7) is 3.42. The number of rotatable bonds is 8. The van der Waals surface area contributed by atoms with Gasteiger partial charge in [0.2, 0.25) is 0 Å². The number of amides is 1. The molecule has 0 spiro atoms. The number of carbonyl (C=O) groups excluding carboxylic acids is 2. The number of hydrogen-bond acceptors (Lipinski definition) is 9. The van der Waals surface area contributed by atoms with Crippen molar-refractivity contribution in [2.24, 2.45) is 0 Å². The molecule has 1 aromatic heterocycles. The van der Waals surface area contributed by atoms with Gasteiger partial charge in [-0.15, -0.1) is 0 Å². The predicted octanol–water partition coefficient (Wildman–Crippen LogP) is 5.88. The lowest BCUT2D eigenvalue weighted by Gasteiger charge is -2.24. The van der Waals surface area contributed by atoms with Crippen LogP contribution in [0.2, 0.25) is 0 Å². The lowest BCUT2D eigenvalue weighted by molar-refractivity contribution is -0.132. The van der Waals surface area contributed by atoms with Gasteiger partial charge in [0.25, 0.3) is 5.78 Å². The van der Waals surface area contributed by atoms with Crippen LogP contribution in [0.5, 0.6) is 23.0 Å². The number of aliphatic hydroxyl groups excluding tert-OH is 1. The minimum atomic E-state index is -0.944. The minimum absolute atomic E-state index is 0.0470. The number of methoxy groups -OCH3 is 1. The molecule has 210 valence electrons. The van der Waals surface area contributed by atoms with Gasteiger partial charge in [-0.25, -0.2) is 4.98 Å². The Balaban J connectivity index is 1.50.